The summed E-state index contributed by atoms with van der Waals surface area (Å²) >= 11 is 0. The molecule has 13 heteroatoms. The van der Waals surface area contributed by atoms with Gasteiger partial charge in [-0.1, -0.05) is 26.8 Å². The molecule has 0 aliphatic heterocycles. The number of anilines is 1. The Morgan fingerprint density at radius 3 is 2.35 bits per heavy atom. The highest BCUT2D eigenvalue weighted by atomic mass is 16.5. The number of nitrogens with two attached hydrogens (primary N) is 2. The second-order valence-electron chi connectivity index (χ2n) is 15.0. The van der Waals surface area contributed by atoms with Gasteiger partial charge in [0.2, 0.25) is 31.4 Å². The Morgan fingerprint density at radius 1 is 1.04 bits per heavy atom. The van der Waals surface area contributed by atoms with E-state index in [9.17, 15) is 19.2 Å². The van der Waals surface area contributed by atoms with Gasteiger partial charge in [0.25, 0.3) is 0 Å². The van der Waals surface area contributed by atoms with Gasteiger partial charge >= 0.3 is 0 Å². The molecule has 0 saturated heterocycles. The normalized spacial score (nSPS) is 19.9. The summed E-state index contributed by atoms with van der Waals surface area (Å²) in [4.78, 5) is 49.8. The van der Waals surface area contributed by atoms with Gasteiger partial charge in [0.1, 0.15) is 12.6 Å². The first-order valence-corrected chi connectivity index (χ1v) is 17.5. The lowest BCUT2D eigenvalue weighted by Gasteiger charge is -2.40. The minimum Gasteiger partial charge on any atom is -0.470 e. The number of hydrogen-bond acceptors (Lipinski definition) is 9. The van der Waals surface area contributed by atoms with Crippen LogP contribution in [0.15, 0.2) is 29.6 Å². The highest BCUT2D eigenvalue weighted by Crippen LogP contribution is 2.48. The van der Waals surface area contributed by atoms with Gasteiger partial charge < -0.3 is 36.2 Å². The molecule has 3 amide bonds. The molecule has 3 atom stereocenters. The molecule has 0 bridgehead atoms. The first kappa shape index (κ1) is 39.9. The Hall–Kier alpha value is -3.58. The number of rotatable bonds is 17. The maximum Gasteiger partial charge on any atom is 0.243 e. The SMILES string of the molecule is [B]C(=O)OCc1ccc(NC(=O)CNC(=O)C(NC(=O)CC(C)(C)OCCC(C)(C)N(N)/C2=C(\N)CCC3CC3CC2)C(C)C)cc1CC. The van der Waals surface area contributed by atoms with Crippen LogP contribution in [0.2, 0.25) is 0 Å². The van der Waals surface area contributed by atoms with Gasteiger partial charge in [-0.05, 0) is 114 Å². The van der Waals surface area contributed by atoms with Crippen molar-refractivity contribution in [1.29, 1.82) is 0 Å². The topological polar surface area (TPSA) is 178 Å². The van der Waals surface area contributed by atoms with Crippen molar-refractivity contribution >= 4 is 37.1 Å². The van der Waals surface area contributed by atoms with E-state index in [1.54, 1.807) is 18.2 Å². The number of allylic oxidation sites excluding steroid dienone is 2. The average molecular weight is 681 g/mol. The fourth-order valence-corrected chi connectivity index (χ4v) is 6.33. The zero-order valence-electron chi connectivity index (χ0n) is 30.4. The van der Waals surface area contributed by atoms with E-state index in [1.165, 1.54) is 6.42 Å². The molecule has 3 rings (SSSR count). The van der Waals surface area contributed by atoms with Crippen molar-refractivity contribution in [2.75, 3.05) is 18.5 Å². The Kier molecular flexibility index (Phi) is 14.1. The van der Waals surface area contributed by atoms with Crippen molar-refractivity contribution in [2.24, 2.45) is 29.3 Å². The molecule has 0 aromatic heterocycles. The van der Waals surface area contributed by atoms with E-state index < -0.39 is 34.9 Å². The summed E-state index contributed by atoms with van der Waals surface area (Å²) in [7, 11) is 5.06. The summed E-state index contributed by atoms with van der Waals surface area (Å²) in [6, 6.07) is 4.36. The number of carbonyl (C=O) groups is 4. The number of nitrogens with one attached hydrogen (secondary N) is 3. The van der Waals surface area contributed by atoms with E-state index in [2.05, 4.69) is 29.8 Å². The van der Waals surface area contributed by atoms with Crippen LogP contribution in [0, 0.1) is 17.8 Å². The van der Waals surface area contributed by atoms with Crippen LogP contribution in [0.1, 0.15) is 105 Å². The monoisotopic (exact) mass is 680 g/mol. The molecule has 2 radical (unpaired) electrons. The van der Waals surface area contributed by atoms with Crippen molar-refractivity contribution in [3.8, 4) is 0 Å². The Balaban J connectivity index is 1.46. The minimum atomic E-state index is -0.863. The molecule has 0 heterocycles. The van der Waals surface area contributed by atoms with Crippen LogP contribution in [0.5, 0.6) is 0 Å². The van der Waals surface area contributed by atoms with E-state index in [0.717, 1.165) is 60.0 Å². The quantitative estimate of drug-likeness (QED) is 0.0918. The molecule has 1 aromatic carbocycles. The number of ether oxygens (including phenoxy) is 2. The number of aryl methyl sites for hydroxylation is 1. The second-order valence-corrected chi connectivity index (χ2v) is 15.0. The van der Waals surface area contributed by atoms with Crippen LogP contribution in [0.3, 0.4) is 0 Å². The summed E-state index contributed by atoms with van der Waals surface area (Å²) in [6.07, 6.45) is 6.65. The fourth-order valence-electron chi connectivity index (χ4n) is 6.33. The van der Waals surface area contributed by atoms with Gasteiger partial charge in [-0.25, -0.2) is 5.84 Å². The lowest BCUT2D eigenvalue weighted by Crippen LogP contribution is -2.52. The lowest BCUT2D eigenvalue weighted by molar-refractivity contribution is -0.134. The average Bonchev–Trinajstić information content (AvgIpc) is 3.76. The first-order chi connectivity index (χ1) is 22.9. The highest BCUT2D eigenvalue weighted by Gasteiger charge is 2.39. The van der Waals surface area contributed by atoms with E-state index >= 15 is 0 Å². The van der Waals surface area contributed by atoms with Crippen molar-refractivity contribution in [2.45, 2.75) is 124 Å². The third-order valence-electron chi connectivity index (χ3n) is 9.64. The molecule has 1 aromatic rings. The maximum absolute atomic E-state index is 13.1. The Morgan fingerprint density at radius 2 is 1.71 bits per heavy atom. The standard InChI is InChI=1S/C36H57BN6O6/c1-8-23-18-27(12-9-26(23)21-48-34(37)47)41-31(45)20-40-33(46)32(22(2)3)42-30(44)19-36(6,7)49-16-15-35(4,5)43(39)29-14-11-25-17-24(25)10-13-28(29)38/h9,12,18,22,24-25,32H,8,10-11,13-17,19-21,38-39H2,1-7H3,(H,40,46)(H,41,45)(H,42,44)/b29-28-. The molecule has 1 fully saturated rings. The third-order valence-corrected chi connectivity index (χ3v) is 9.64. The largest absolute Gasteiger partial charge is 0.470 e. The Bertz CT molecular complexity index is 1380. The number of amides is 3. The first-order valence-electron chi connectivity index (χ1n) is 17.5. The van der Waals surface area contributed by atoms with Crippen LogP contribution in [0.4, 0.5) is 10.5 Å². The molecule has 2 aliphatic rings. The van der Waals surface area contributed by atoms with Gasteiger partial charge in [0.05, 0.1) is 24.1 Å². The maximum atomic E-state index is 13.1. The predicted octanol–water partition coefficient (Wildman–Crippen LogP) is 4.16. The van der Waals surface area contributed by atoms with Gasteiger partial charge in [0, 0.05) is 23.7 Å². The van der Waals surface area contributed by atoms with Crippen LogP contribution in [-0.2, 0) is 36.9 Å². The molecule has 1 saturated carbocycles. The molecule has 2 aliphatic carbocycles. The number of benzene rings is 1. The summed E-state index contributed by atoms with van der Waals surface area (Å²) in [5.41, 5.74) is 9.38. The van der Waals surface area contributed by atoms with Crippen molar-refractivity contribution in [3.05, 3.63) is 40.7 Å². The van der Waals surface area contributed by atoms with E-state index in [-0.39, 0.29) is 31.4 Å². The molecule has 49 heavy (non-hydrogen) atoms. The number of hydrazine groups is 1. The smallest absolute Gasteiger partial charge is 0.243 e. The molecule has 7 N–H and O–H groups in total. The fraction of sp³-hybridized carbons (Fsp3) is 0.667. The number of fused-ring (bicyclic) bond motifs is 1. The van der Waals surface area contributed by atoms with Gasteiger partial charge in [0.15, 0.2) is 0 Å². The van der Waals surface area contributed by atoms with E-state index in [0.29, 0.717) is 25.1 Å². The van der Waals surface area contributed by atoms with Crippen molar-refractivity contribution in [3.63, 3.8) is 0 Å². The molecule has 3 unspecified atom stereocenters. The van der Waals surface area contributed by atoms with E-state index in [1.807, 2.05) is 39.6 Å². The van der Waals surface area contributed by atoms with E-state index in [4.69, 9.17) is 28.9 Å². The minimum absolute atomic E-state index is 0.0364. The molecular formula is C36H57BN6O6. The predicted molar refractivity (Wildman–Crippen MR) is 191 cm³/mol. The van der Waals surface area contributed by atoms with Gasteiger partial charge in [-0.15, -0.1) is 0 Å². The lowest BCUT2D eigenvalue weighted by atomic mass is 9.95. The molecular weight excluding hydrogens is 623 g/mol. The van der Waals surface area contributed by atoms with Crippen LogP contribution >= 0.6 is 0 Å². The molecule has 270 valence electrons. The highest BCUT2D eigenvalue weighted by molar-refractivity contribution is 6.55. The van der Waals surface area contributed by atoms with Crippen LogP contribution in [-0.4, -0.2) is 66.8 Å². The number of carbonyl (C=O) groups excluding carboxylic acids is 4. The summed E-state index contributed by atoms with van der Waals surface area (Å²) < 4.78 is 11.1. The Labute approximate surface area is 293 Å². The van der Waals surface area contributed by atoms with Gasteiger partial charge in [-0.2, -0.15) is 0 Å². The van der Waals surface area contributed by atoms with Crippen LogP contribution in [0.25, 0.3) is 0 Å². The van der Waals surface area contributed by atoms with Crippen molar-refractivity contribution in [1.82, 2.24) is 15.6 Å². The number of hydrogen-bond donors (Lipinski definition) is 5. The summed E-state index contributed by atoms with van der Waals surface area (Å²) in [6.45, 7) is 13.6. The van der Waals surface area contributed by atoms with Crippen molar-refractivity contribution < 1.29 is 28.7 Å². The third kappa shape index (κ3) is 12.4. The number of nitrogens with zero attached hydrogens (tertiary/aromatic N) is 1. The second kappa shape index (κ2) is 17.4. The zero-order valence-corrected chi connectivity index (χ0v) is 30.4. The summed E-state index contributed by atoms with van der Waals surface area (Å²) in [5.74, 6) is 5.97. The molecule has 12 nitrogen and oxygen atoms in total. The van der Waals surface area contributed by atoms with Gasteiger partial charge in [-0.3, -0.25) is 19.2 Å². The van der Waals surface area contributed by atoms with Crippen LogP contribution < -0.4 is 27.5 Å². The zero-order chi connectivity index (χ0) is 36.5. The summed E-state index contributed by atoms with van der Waals surface area (Å²) in [5, 5.41) is 10.0. The molecule has 0 spiro atoms.